The number of hydrogen-bond donors (Lipinski definition) is 2. The Morgan fingerprint density at radius 3 is 2.32 bits per heavy atom. The van der Waals surface area contributed by atoms with Crippen LogP contribution >= 0.6 is 0 Å². The van der Waals surface area contributed by atoms with E-state index in [1.165, 1.54) is 51.7 Å². The molecule has 0 spiro atoms. The van der Waals surface area contributed by atoms with Gasteiger partial charge in [-0.05, 0) is 58.4 Å². The SMILES string of the molecule is CCN(CC)CCCCNC(=NC)NCCN1CCCCC1. The predicted molar refractivity (Wildman–Crippen MR) is 96.7 cm³/mol. The molecule has 5 nitrogen and oxygen atoms in total. The Balaban J connectivity index is 2.02. The third-order valence-electron chi connectivity index (χ3n) is 4.48. The minimum absolute atomic E-state index is 0.944. The van der Waals surface area contributed by atoms with Gasteiger partial charge in [0.2, 0.25) is 0 Å². The standard InChI is InChI=1S/C17H37N5/c1-4-21(5-2)13-10-7-11-19-17(18-3)20-12-16-22-14-8-6-9-15-22/h4-16H2,1-3H3,(H2,18,19,20). The Labute approximate surface area is 137 Å². The first kappa shape index (κ1) is 19.2. The van der Waals surface area contributed by atoms with Gasteiger partial charge in [-0.15, -0.1) is 0 Å². The van der Waals surface area contributed by atoms with E-state index >= 15 is 0 Å². The van der Waals surface area contributed by atoms with Crippen LogP contribution in [-0.2, 0) is 0 Å². The molecule has 1 saturated heterocycles. The van der Waals surface area contributed by atoms with Crippen molar-refractivity contribution in [3.8, 4) is 0 Å². The maximum atomic E-state index is 4.30. The molecule has 130 valence electrons. The van der Waals surface area contributed by atoms with Gasteiger partial charge in [0.15, 0.2) is 5.96 Å². The molecule has 1 aliphatic rings. The number of aliphatic imine (C=N–C) groups is 1. The largest absolute Gasteiger partial charge is 0.356 e. The van der Waals surface area contributed by atoms with Crippen LogP contribution in [0.2, 0.25) is 0 Å². The average molecular weight is 312 g/mol. The fraction of sp³-hybridized carbons (Fsp3) is 0.941. The summed E-state index contributed by atoms with van der Waals surface area (Å²) < 4.78 is 0. The van der Waals surface area contributed by atoms with Crippen LogP contribution in [-0.4, -0.2) is 75.2 Å². The van der Waals surface area contributed by atoms with E-state index in [9.17, 15) is 0 Å². The van der Waals surface area contributed by atoms with Gasteiger partial charge in [0.1, 0.15) is 0 Å². The van der Waals surface area contributed by atoms with Crippen LogP contribution in [0.3, 0.4) is 0 Å². The van der Waals surface area contributed by atoms with E-state index in [1.807, 2.05) is 7.05 Å². The maximum absolute atomic E-state index is 4.30. The first-order valence-corrected chi connectivity index (χ1v) is 9.19. The quantitative estimate of drug-likeness (QED) is 0.366. The third kappa shape index (κ3) is 8.59. The lowest BCUT2D eigenvalue weighted by Gasteiger charge is -2.26. The number of unbranched alkanes of at least 4 members (excludes halogenated alkanes) is 1. The molecule has 0 bridgehead atoms. The number of nitrogens with one attached hydrogen (secondary N) is 2. The van der Waals surface area contributed by atoms with Crippen molar-refractivity contribution in [1.82, 2.24) is 20.4 Å². The van der Waals surface area contributed by atoms with Gasteiger partial charge in [0.05, 0.1) is 0 Å². The lowest BCUT2D eigenvalue weighted by atomic mass is 10.1. The molecular formula is C17H37N5. The molecule has 0 unspecified atom stereocenters. The molecule has 0 aromatic rings. The summed E-state index contributed by atoms with van der Waals surface area (Å²) in [5.74, 6) is 0.944. The molecule has 1 rings (SSSR count). The van der Waals surface area contributed by atoms with E-state index in [-0.39, 0.29) is 0 Å². The molecule has 1 heterocycles. The van der Waals surface area contributed by atoms with Gasteiger partial charge in [0, 0.05) is 26.7 Å². The smallest absolute Gasteiger partial charge is 0.191 e. The minimum atomic E-state index is 0.944. The zero-order valence-electron chi connectivity index (χ0n) is 15.0. The second kappa shape index (κ2) is 12.7. The van der Waals surface area contributed by atoms with E-state index in [4.69, 9.17) is 0 Å². The zero-order chi connectivity index (χ0) is 16.0. The monoisotopic (exact) mass is 311 g/mol. The van der Waals surface area contributed by atoms with Crippen LogP contribution in [0, 0.1) is 0 Å². The van der Waals surface area contributed by atoms with Crippen molar-refractivity contribution in [2.75, 3.05) is 59.4 Å². The normalized spacial score (nSPS) is 17.0. The van der Waals surface area contributed by atoms with Gasteiger partial charge in [0.25, 0.3) is 0 Å². The van der Waals surface area contributed by atoms with Crippen molar-refractivity contribution >= 4 is 5.96 Å². The molecule has 22 heavy (non-hydrogen) atoms. The molecule has 0 aromatic carbocycles. The predicted octanol–water partition coefficient (Wildman–Crippen LogP) is 1.76. The fourth-order valence-corrected chi connectivity index (χ4v) is 2.94. The van der Waals surface area contributed by atoms with Crippen molar-refractivity contribution in [1.29, 1.82) is 0 Å². The van der Waals surface area contributed by atoms with Gasteiger partial charge in [-0.2, -0.15) is 0 Å². The van der Waals surface area contributed by atoms with Crippen molar-refractivity contribution in [2.45, 2.75) is 46.0 Å². The molecule has 2 N–H and O–H groups in total. The highest BCUT2D eigenvalue weighted by Crippen LogP contribution is 2.07. The van der Waals surface area contributed by atoms with Crippen LogP contribution in [0.1, 0.15) is 46.0 Å². The van der Waals surface area contributed by atoms with Crippen molar-refractivity contribution in [3.63, 3.8) is 0 Å². The highest BCUT2D eigenvalue weighted by atomic mass is 15.2. The van der Waals surface area contributed by atoms with E-state index in [1.54, 1.807) is 0 Å². The molecule has 0 amide bonds. The Bertz CT molecular complexity index is 283. The van der Waals surface area contributed by atoms with Crippen LogP contribution in [0.4, 0.5) is 0 Å². The Morgan fingerprint density at radius 1 is 1.00 bits per heavy atom. The van der Waals surface area contributed by atoms with Crippen molar-refractivity contribution in [3.05, 3.63) is 0 Å². The first-order chi connectivity index (χ1) is 10.8. The topological polar surface area (TPSA) is 42.9 Å². The second-order valence-corrected chi connectivity index (χ2v) is 6.06. The lowest BCUT2D eigenvalue weighted by Crippen LogP contribution is -2.43. The summed E-state index contributed by atoms with van der Waals surface area (Å²) in [7, 11) is 1.85. The maximum Gasteiger partial charge on any atom is 0.191 e. The summed E-state index contributed by atoms with van der Waals surface area (Å²) in [5.41, 5.74) is 0. The molecular weight excluding hydrogens is 274 g/mol. The summed E-state index contributed by atoms with van der Waals surface area (Å²) in [4.78, 5) is 9.33. The van der Waals surface area contributed by atoms with E-state index in [0.29, 0.717) is 0 Å². The first-order valence-electron chi connectivity index (χ1n) is 9.19. The Hall–Kier alpha value is -0.810. The number of hydrogen-bond acceptors (Lipinski definition) is 3. The molecule has 1 aliphatic heterocycles. The summed E-state index contributed by atoms with van der Waals surface area (Å²) in [6.07, 6.45) is 6.57. The van der Waals surface area contributed by atoms with Crippen LogP contribution < -0.4 is 10.6 Å². The van der Waals surface area contributed by atoms with Crippen LogP contribution in [0.15, 0.2) is 4.99 Å². The molecule has 0 saturated carbocycles. The molecule has 0 aromatic heterocycles. The molecule has 0 atom stereocenters. The number of guanidine groups is 1. The van der Waals surface area contributed by atoms with Gasteiger partial charge in [-0.1, -0.05) is 20.3 Å². The van der Waals surface area contributed by atoms with E-state index < -0.39 is 0 Å². The second-order valence-electron chi connectivity index (χ2n) is 6.06. The number of nitrogens with zero attached hydrogens (tertiary/aromatic N) is 3. The third-order valence-corrected chi connectivity index (χ3v) is 4.48. The molecule has 5 heteroatoms. The Morgan fingerprint density at radius 2 is 1.68 bits per heavy atom. The highest BCUT2D eigenvalue weighted by molar-refractivity contribution is 5.79. The van der Waals surface area contributed by atoms with Crippen LogP contribution in [0.25, 0.3) is 0 Å². The molecule has 0 radical (unpaired) electrons. The van der Waals surface area contributed by atoms with Crippen molar-refractivity contribution < 1.29 is 0 Å². The zero-order valence-corrected chi connectivity index (χ0v) is 15.0. The van der Waals surface area contributed by atoms with E-state index in [2.05, 4.69) is 39.3 Å². The van der Waals surface area contributed by atoms with Gasteiger partial charge < -0.3 is 20.4 Å². The number of likely N-dealkylation sites (tertiary alicyclic amines) is 1. The minimum Gasteiger partial charge on any atom is -0.356 e. The number of piperidine rings is 1. The summed E-state index contributed by atoms with van der Waals surface area (Å²) in [5, 5.41) is 6.84. The Kier molecular flexibility index (Phi) is 11.1. The van der Waals surface area contributed by atoms with E-state index in [0.717, 1.165) is 38.7 Å². The summed E-state index contributed by atoms with van der Waals surface area (Å²) in [6, 6.07) is 0. The van der Waals surface area contributed by atoms with Gasteiger partial charge in [-0.3, -0.25) is 4.99 Å². The van der Waals surface area contributed by atoms with Crippen molar-refractivity contribution in [2.24, 2.45) is 4.99 Å². The highest BCUT2D eigenvalue weighted by Gasteiger charge is 2.09. The van der Waals surface area contributed by atoms with Gasteiger partial charge in [-0.25, -0.2) is 0 Å². The summed E-state index contributed by atoms with van der Waals surface area (Å²) >= 11 is 0. The average Bonchev–Trinajstić information content (AvgIpc) is 2.57. The molecule has 1 fully saturated rings. The summed E-state index contributed by atoms with van der Waals surface area (Å²) in [6.45, 7) is 13.6. The van der Waals surface area contributed by atoms with Crippen LogP contribution in [0.5, 0.6) is 0 Å². The molecule has 0 aliphatic carbocycles. The fourth-order valence-electron chi connectivity index (χ4n) is 2.94. The number of rotatable bonds is 10. The lowest BCUT2D eigenvalue weighted by molar-refractivity contribution is 0.232. The van der Waals surface area contributed by atoms with Gasteiger partial charge >= 0.3 is 0 Å².